The van der Waals surface area contributed by atoms with E-state index in [1.54, 1.807) is 36.4 Å². The summed E-state index contributed by atoms with van der Waals surface area (Å²) in [7, 11) is 1.51. The van der Waals surface area contributed by atoms with E-state index in [2.05, 4.69) is 0 Å². The number of aromatic carboxylic acids is 1. The van der Waals surface area contributed by atoms with Gasteiger partial charge in [0.25, 0.3) is 11.1 Å². The van der Waals surface area contributed by atoms with Crippen molar-refractivity contribution in [2.75, 3.05) is 7.11 Å². The number of hydrogen-bond acceptors (Lipinski definition) is 6. The summed E-state index contributed by atoms with van der Waals surface area (Å²) in [6.07, 6.45) is 1.62. The van der Waals surface area contributed by atoms with Crippen molar-refractivity contribution in [3.05, 3.63) is 112 Å². The van der Waals surface area contributed by atoms with Gasteiger partial charge in [0, 0.05) is 5.56 Å². The molecule has 5 rings (SSSR count). The first kappa shape index (κ1) is 25.1. The van der Waals surface area contributed by atoms with E-state index in [-0.39, 0.29) is 34.8 Å². The van der Waals surface area contributed by atoms with Gasteiger partial charge in [-0.05, 0) is 57.9 Å². The highest BCUT2D eigenvalue weighted by molar-refractivity contribution is 8.18. The zero-order valence-electron chi connectivity index (χ0n) is 20.4. The molecule has 1 fully saturated rings. The second kappa shape index (κ2) is 10.8. The largest absolute Gasteiger partial charge is 0.493 e. The Labute approximate surface area is 223 Å². The standard InChI is InChI=1S/C30H23NO6S/c1-36-25-14-6-10-21(27(25)37-18-19-7-4-11-22(15-19)29(33)34)16-26-28(32)31(30(35)38-26)17-23-12-5-9-20-8-2-3-13-24(20)23/h2-16H,17-18H2,1H3,(H,33,34)/b26-16+. The second-order valence-electron chi connectivity index (χ2n) is 8.58. The molecule has 190 valence electrons. The maximum absolute atomic E-state index is 13.3. The normalized spacial score (nSPS) is 14.3. The summed E-state index contributed by atoms with van der Waals surface area (Å²) < 4.78 is 11.5. The fourth-order valence-electron chi connectivity index (χ4n) is 4.29. The number of thioether (sulfide) groups is 1. The molecule has 1 aliphatic heterocycles. The summed E-state index contributed by atoms with van der Waals surface area (Å²) in [4.78, 5) is 39.0. The number of ether oxygens (including phenoxy) is 2. The molecule has 8 heteroatoms. The third-order valence-corrected chi connectivity index (χ3v) is 7.06. The summed E-state index contributed by atoms with van der Waals surface area (Å²) in [5.41, 5.74) is 2.28. The number of carbonyl (C=O) groups excluding carboxylic acids is 2. The molecule has 0 spiro atoms. The number of rotatable bonds is 8. The molecule has 7 nitrogen and oxygen atoms in total. The monoisotopic (exact) mass is 525 g/mol. The van der Waals surface area contributed by atoms with Crippen molar-refractivity contribution >= 4 is 45.7 Å². The topological polar surface area (TPSA) is 93.1 Å². The Balaban J connectivity index is 1.41. The molecular formula is C30H23NO6S. The molecule has 1 aliphatic rings. The zero-order valence-corrected chi connectivity index (χ0v) is 21.2. The van der Waals surface area contributed by atoms with Crippen molar-refractivity contribution in [1.82, 2.24) is 4.90 Å². The molecule has 1 N–H and O–H groups in total. The van der Waals surface area contributed by atoms with Gasteiger partial charge in [-0.25, -0.2) is 4.79 Å². The van der Waals surface area contributed by atoms with Gasteiger partial charge in [0.15, 0.2) is 11.5 Å². The summed E-state index contributed by atoms with van der Waals surface area (Å²) in [5.74, 6) is -0.570. The Bertz CT molecular complexity index is 1590. The van der Waals surface area contributed by atoms with E-state index in [0.717, 1.165) is 28.1 Å². The van der Waals surface area contributed by atoms with Gasteiger partial charge in [-0.15, -0.1) is 0 Å². The van der Waals surface area contributed by atoms with Crippen molar-refractivity contribution in [3.63, 3.8) is 0 Å². The van der Waals surface area contributed by atoms with E-state index >= 15 is 0 Å². The van der Waals surface area contributed by atoms with Crippen LogP contribution in [-0.4, -0.2) is 34.2 Å². The van der Waals surface area contributed by atoms with Gasteiger partial charge < -0.3 is 14.6 Å². The minimum absolute atomic E-state index is 0.0882. The van der Waals surface area contributed by atoms with Crippen LogP contribution in [0.1, 0.15) is 27.0 Å². The average Bonchev–Trinajstić information content (AvgIpc) is 3.19. The van der Waals surface area contributed by atoms with E-state index in [0.29, 0.717) is 22.6 Å². The molecule has 0 bridgehead atoms. The van der Waals surface area contributed by atoms with Crippen LogP contribution in [0.15, 0.2) is 89.8 Å². The van der Waals surface area contributed by atoms with Crippen molar-refractivity contribution in [2.45, 2.75) is 13.2 Å². The fourth-order valence-corrected chi connectivity index (χ4v) is 5.12. The first-order valence-corrected chi connectivity index (χ1v) is 12.6. The van der Waals surface area contributed by atoms with Crippen molar-refractivity contribution < 1.29 is 29.0 Å². The Hall–Kier alpha value is -4.56. The van der Waals surface area contributed by atoms with Gasteiger partial charge in [0.05, 0.1) is 24.1 Å². The second-order valence-corrected chi connectivity index (χ2v) is 9.57. The Kier molecular flexibility index (Phi) is 7.15. The van der Waals surface area contributed by atoms with Gasteiger partial charge in [0.1, 0.15) is 6.61 Å². The molecule has 0 atom stereocenters. The van der Waals surface area contributed by atoms with E-state index in [4.69, 9.17) is 9.47 Å². The van der Waals surface area contributed by atoms with Crippen LogP contribution >= 0.6 is 11.8 Å². The summed E-state index contributed by atoms with van der Waals surface area (Å²) in [5, 5.41) is 11.0. The van der Waals surface area contributed by atoms with Gasteiger partial charge in [-0.3, -0.25) is 14.5 Å². The van der Waals surface area contributed by atoms with E-state index < -0.39 is 5.97 Å². The van der Waals surface area contributed by atoms with Crippen LogP contribution in [0.5, 0.6) is 11.5 Å². The average molecular weight is 526 g/mol. The Morgan fingerprint density at radius 2 is 1.74 bits per heavy atom. The number of benzene rings is 4. The SMILES string of the molecule is COc1cccc(/C=C2/SC(=O)N(Cc3cccc4ccccc34)C2=O)c1OCc1cccc(C(=O)O)c1. The van der Waals surface area contributed by atoms with E-state index in [1.165, 1.54) is 24.1 Å². The predicted molar refractivity (Wildman–Crippen MR) is 146 cm³/mol. The number of hydrogen-bond donors (Lipinski definition) is 1. The number of nitrogens with zero attached hydrogens (tertiary/aromatic N) is 1. The van der Waals surface area contributed by atoms with Gasteiger partial charge in [-0.1, -0.05) is 66.7 Å². The van der Waals surface area contributed by atoms with Crippen LogP contribution in [0.3, 0.4) is 0 Å². The number of carboxylic acid groups (broad SMARTS) is 1. The van der Waals surface area contributed by atoms with E-state index in [9.17, 15) is 19.5 Å². The van der Waals surface area contributed by atoms with E-state index in [1.807, 2.05) is 42.5 Å². The van der Waals surface area contributed by atoms with Crippen LogP contribution in [0.2, 0.25) is 0 Å². The molecule has 0 unspecified atom stereocenters. The molecule has 1 heterocycles. The lowest BCUT2D eigenvalue weighted by Crippen LogP contribution is -2.27. The highest BCUT2D eigenvalue weighted by Gasteiger charge is 2.35. The molecule has 0 saturated carbocycles. The number of imide groups is 1. The zero-order chi connectivity index (χ0) is 26.6. The minimum atomic E-state index is -1.02. The molecular weight excluding hydrogens is 502 g/mol. The number of methoxy groups -OCH3 is 1. The quantitative estimate of drug-likeness (QED) is 0.268. The van der Waals surface area contributed by atoms with Gasteiger partial charge in [0.2, 0.25) is 0 Å². The van der Waals surface area contributed by atoms with Crippen LogP contribution in [-0.2, 0) is 17.9 Å². The molecule has 38 heavy (non-hydrogen) atoms. The van der Waals surface area contributed by atoms with Crippen LogP contribution < -0.4 is 9.47 Å². The lowest BCUT2D eigenvalue weighted by Gasteiger charge is -2.15. The first-order chi connectivity index (χ1) is 18.4. The first-order valence-electron chi connectivity index (χ1n) is 11.8. The summed E-state index contributed by atoms with van der Waals surface area (Å²) in [6.45, 7) is 0.260. The number of carboxylic acids is 1. The molecule has 1 saturated heterocycles. The maximum atomic E-state index is 13.3. The highest BCUT2D eigenvalue weighted by atomic mass is 32.2. The lowest BCUT2D eigenvalue weighted by molar-refractivity contribution is -0.123. The van der Waals surface area contributed by atoms with Crippen LogP contribution in [0.4, 0.5) is 4.79 Å². The number of fused-ring (bicyclic) bond motifs is 1. The van der Waals surface area contributed by atoms with Crippen LogP contribution in [0, 0.1) is 0 Å². The molecule has 4 aromatic carbocycles. The van der Waals surface area contributed by atoms with Crippen LogP contribution in [0.25, 0.3) is 16.8 Å². The lowest BCUT2D eigenvalue weighted by atomic mass is 10.0. The van der Waals surface area contributed by atoms with Gasteiger partial charge >= 0.3 is 5.97 Å². The summed E-state index contributed by atoms with van der Waals surface area (Å²) >= 11 is 0.880. The van der Waals surface area contributed by atoms with Crippen molar-refractivity contribution in [1.29, 1.82) is 0 Å². The third kappa shape index (κ3) is 5.12. The maximum Gasteiger partial charge on any atom is 0.335 e. The summed E-state index contributed by atoms with van der Waals surface area (Å²) in [6, 6.07) is 25.4. The molecule has 0 radical (unpaired) electrons. The number of amides is 2. The molecule has 0 aliphatic carbocycles. The predicted octanol–water partition coefficient (Wildman–Crippen LogP) is 6.36. The highest BCUT2D eigenvalue weighted by Crippen LogP contribution is 2.38. The molecule has 0 aromatic heterocycles. The third-order valence-electron chi connectivity index (χ3n) is 6.15. The van der Waals surface area contributed by atoms with Gasteiger partial charge in [-0.2, -0.15) is 0 Å². The van der Waals surface area contributed by atoms with Crippen molar-refractivity contribution in [3.8, 4) is 11.5 Å². The molecule has 4 aromatic rings. The number of carbonyl (C=O) groups is 3. The smallest absolute Gasteiger partial charge is 0.335 e. The van der Waals surface area contributed by atoms with Crippen molar-refractivity contribution in [2.24, 2.45) is 0 Å². The minimum Gasteiger partial charge on any atom is -0.493 e. The fraction of sp³-hybridized carbons (Fsp3) is 0.100. The molecule has 2 amide bonds. The number of para-hydroxylation sites is 1. The Morgan fingerprint density at radius 1 is 0.974 bits per heavy atom. The Morgan fingerprint density at radius 3 is 2.55 bits per heavy atom.